The molecule has 0 spiro atoms. The van der Waals surface area contributed by atoms with E-state index in [1.54, 1.807) is 42.6 Å². The van der Waals surface area contributed by atoms with Crippen LogP contribution in [0.4, 0.5) is 5.69 Å². The number of nitriles is 1. The number of nitrogens with zero attached hydrogens (tertiary/aromatic N) is 3. The zero-order valence-electron chi connectivity index (χ0n) is 18.4. The number of amides is 1. The number of hydrogen-bond acceptors (Lipinski definition) is 5. The van der Waals surface area contributed by atoms with E-state index >= 15 is 0 Å². The summed E-state index contributed by atoms with van der Waals surface area (Å²) in [5.41, 5.74) is 2.10. The molecule has 0 saturated heterocycles. The van der Waals surface area contributed by atoms with Crippen LogP contribution in [-0.2, 0) is 4.79 Å². The van der Waals surface area contributed by atoms with Crippen molar-refractivity contribution in [3.8, 4) is 17.7 Å². The average molecular weight is 515 g/mol. The van der Waals surface area contributed by atoms with Crippen LogP contribution in [0, 0.1) is 25.2 Å². The lowest BCUT2D eigenvalue weighted by atomic mass is 10.1. The van der Waals surface area contributed by atoms with Crippen LogP contribution in [0.5, 0.6) is 11.6 Å². The van der Waals surface area contributed by atoms with Crippen molar-refractivity contribution in [2.24, 2.45) is 0 Å². The van der Waals surface area contributed by atoms with Crippen molar-refractivity contribution in [3.63, 3.8) is 0 Å². The van der Waals surface area contributed by atoms with Gasteiger partial charge in [0.25, 0.3) is 11.5 Å². The molecule has 0 saturated carbocycles. The Hall–Kier alpha value is -4.22. The highest BCUT2D eigenvalue weighted by molar-refractivity contribution is 9.10. The Bertz CT molecular complexity index is 1530. The number of carbonyl (C=O) groups excluding carboxylic acids is 1. The fourth-order valence-corrected chi connectivity index (χ4v) is 3.84. The average Bonchev–Trinajstić information content (AvgIpc) is 2.78. The first-order valence-corrected chi connectivity index (χ1v) is 11.1. The molecule has 8 heteroatoms. The summed E-state index contributed by atoms with van der Waals surface area (Å²) in [6, 6.07) is 19.6. The Morgan fingerprint density at radius 2 is 1.88 bits per heavy atom. The Morgan fingerprint density at radius 1 is 1.12 bits per heavy atom. The van der Waals surface area contributed by atoms with Crippen LogP contribution in [-0.4, -0.2) is 15.3 Å². The van der Waals surface area contributed by atoms with Gasteiger partial charge in [0.05, 0.1) is 0 Å². The maximum atomic E-state index is 13.3. The number of benzene rings is 2. The lowest BCUT2D eigenvalue weighted by Crippen LogP contribution is -2.20. The predicted octanol–water partition coefficient (Wildman–Crippen LogP) is 5.41. The molecule has 0 unspecified atom stereocenters. The summed E-state index contributed by atoms with van der Waals surface area (Å²) in [4.78, 5) is 30.6. The third-order valence-corrected chi connectivity index (χ3v) is 5.37. The first kappa shape index (κ1) is 23.0. The van der Waals surface area contributed by atoms with E-state index < -0.39 is 11.5 Å². The highest BCUT2D eigenvalue weighted by Crippen LogP contribution is 2.26. The maximum Gasteiger partial charge on any atom is 0.269 e. The van der Waals surface area contributed by atoms with Crippen LogP contribution in [0.3, 0.4) is 0 Å². The van der Waals surface area contributed by atoms with Gasteiger partial charge in [-0.05, 0) is 73.5 Å². The van der Waals surface area contributed by atoms with Gasteiger partial charge in [0.15, 0.2) is 0 Å². The van der Waals surface area contributed by atoms with E-state index in [1.807, 2.05) is 44.2 Å². The van der Waals surface area contributed by atoms with Gasteiger partial charge in [-0.3, -0.25) is 14.0 Å². The van der Waals surface area contributed by atoms with E-state index in [0.717, 1.165) is 15.6 Å². The Kier molecular flexibility index (Phi) is 6.57. The van der Waals surface area contributed by atoms with Crippen molar-refractivity contribution < 1.29 is 9.53 Å². The van der Waals surface area contributed by atoms with Gasteiger partial charge in [-0.15, -0.1) is 0 Å². The standard InChI is InChI=1S/C26H19BrN4O3/c1-16-10-17(2)12-21(11-16)34-25-22(26(33)31-9-4-3-8-23(31)30-25)13-18(15-28)24(32)29-20-7-5-6-19(27)14-20/h3-14H,1-2H3,(H,29,32)/b18-13-. The van der Waals surface area contributed by atoms with Crippen LogP contribution in [0.1, 0.15) is 16.7 Å². The van der Waals surface area contributed by atoms with Gasteiger partial charge in [-0.2, -0.15) is 10.2 Å². The largest absolute Gasteiger partial charge is 0.438 e. The SMILES string of the molecule is Cc1cc(C)cc(Oc2nc3ccccn3c(=O)c2/C=C(/C#N)C(=O)Nc2cccc(Br)c2)c1. The summed E-state index contributed by atoms with van der Waals surface area (Å²) in [5, 5.41) is 12.4. The van der Waals surface area contributed by atoms with Gasteiger partial charge >= 0.3 is 0 Å². The summed E-state index contributed by atoms with van der Waals surface area (Å²) in [6.07, 6.45) is 2.77. The van der Waals surface area contributed by atoms with E-state index in [0.29, 0.717) is 17.1 Å². The molecular weight excluding hydrogens is 496 g/mol. The molecule has 0 radical (unpaired) electrons. The van der Waals surface area contributed by atoms with Gasteiger partial charge in [-0.25, -0.2) is 0 Å². The van der Waals surface area contributed by atoms with Gasteiger partial charge in [0.1, 0.15) is 28.6 Å². The van der Waals surface area contributed by atoms with Gasteiger partial charge in [0, 0.05) is 16.4 Å². The number of fused-ring (bicyclic) bond motifs is 1. The highest BCUT2D eigenvalue weighted by Gasteiger charge is 2.18. The van der Waals surface area contributed by atoms with E-state index in [4.69, 9.17) is 4.74 Å². The fourth-order valence-electron chi connectivity index (χ4n) is 3.44. The van der Waals surface area contributed by atoms with Gasteiger partial charge < -0.3 is 10.1 Å². The molecule has 1 N–H and O–H groups in total. The van der Waals surface area contributed by atoms with Gasteiger partial charge in [0.2, 0.25) is 5.88 Å². The van der Waals surface area contributed by atoms with Crippen LogP contribution in [0.2, 0.25) is 0 Å². The van der Waals surface area contributed by atoms with E-state index in [9.17, 15) is 14.9 Å². The number of aromatic nitrogens is 2. The molecule has 1 amide bonds. The number of hydrogen-bond donors (Lipinski definition) is 1. The second-order valence-electron chi connectivity index (χ2n) is 7.62. The minimum atomic E-state index is -0.657. The van der Waals surface area contributed by atoms with Crippen molar-refractivity contribution >= 4 is 39.2 Å². The molecule has 0 aliphatic rings. The summed E-state index contributed by atoms with van der Waals surface area (Å²) in [7, 11) is 0. The number of rotatable bonds is 5. The molecule has 0 atom stereocenters. The maximum absolute atomic E-state index is 13.3. The Labute approximate surface area is 204 Å². The van der Waals surface area contributed by atoms with Crippen LogP contribution in [0.15, 0.2) is 81.7 Å². The summed E-state index contributed by atoms with van der Waals surface area (Å²) in [6.45, 7) is 3.87. The van der Waals surface area contributed by atoms with Gasteiger partial charge in [-0.1, -0.05) is 34.1 Å². The van der Waals surface area contributed by atoms with Crippen molar-refractivity contribution in [1.29, 1.82) is 5.26 Å². The summed E-state index contributed by atoms with van der Waals surface area (Å²) >= 11 is 3.34. The first-order chi connectivity index (χ1) is 16.3. The molecule has 4 aromatic rings. The second kappa shape index (κ2) is 9.73. The number of aryl methyl sites for hydroxylation is 2. The molecular formula is C26H19BrN4O3. The van der Waals surface area contributed by atoms with Crippen LogP contribution >= 0.6 is 15.9 Å². The Balaban J connectivity index is 1.82. The van der Waals surface area contributed by atoms with Crippen molar-refractivity contribution in [2.45, 2.75) is 13.8 Å². The van der Waals surface area contributed by atoms with E-state index in [2.05, 4.69) is 26.2 Å². The molecule has 168 valence electrons. The highest BCUT2D eigenvalue weighted by atomic mass is 79.9. The quantitative estimate of drug-likeness (QED) is 0.283. The minimum absolute atomic E-state index is 0.00389. The fraction of sp³-hybridized carbons (Fsp3) is 0.0769. The molecule has 2 aromatic heterocycles. The van der Waals surface area contributed by atoms with E-state index in [1.165, 1.54) is 10.5 Å². The normalized spacial score (nSPS) is 11.2. The molecule has 0 fully saturated rings. The molecule has 34 heavy (non-hydrogen) atoms. The molecule has 0 aliphatic heterocycles. The number of nitrogens with one attached hydrogen (secondary N) is 1. The molecule has 2 heterocycles. The predicted molar refractivity (Wildman–Crippen MR) is 134 cm³/mol. The van der Waals surface area contributed by atoms with Crippen LogP contribution in [0.25, 0.3) is 11.7 Å². The number of halogens is 1. The number of pyridine rings is 1. The zero-order chi connectivity index (χ0) is 24.2. The monoisotopic (exact) mass is 514 g/mol. The van der Waals surface area contributed by atoms with E-state index in [-0.39, 0.29) is 17.0 Å². The van der Waals surface area contributed by atoms with Crippen LogP contribution < -0.4 is 15.6 Å². The number of ether oxygens (including phenoxy) is 1. The molecule has 4 rings (SSSR count). The number of carbonyl (C=O) groups is 1. The van der Waals surface area contributed by atoms with Crippen molar-refractivity contribution in [2.75, 3.05) is 5.32 Å². The lowest BCUT2D eigenvalue weighted by Gasteiger charge is -2.11. The number of anilines is 1. The summed E-state index contributed by atoms with van der Waals surface area (Å²) in [5.74, 6) is -0.156. The topological polar surface area (TPSA) is 96.5 Å². The zero-order valence-corrected chi connectivity index (χ0v) is 20.0. The molecule has 0 bridgehead atoms. The lowest BCUT2D eigenvalue weighted by molar-refractivity contribution is -0.112. The second-order valence-corrected chi connectivity index (χ2v) is 8.54. The first-order valence-electron chi connectivity index (χ1n) is 10.3. The molecule has 0 aliphatic carbocycles. The summed E-state index contributed by atoms with van der Waals surface area (Å²) < 4.78 is 8.11. The van der Waals surface area contributed by atoms with Crippen molar-refractivity contribution in [3.05, 3.63) is 104 Å². The minimum Gasteiger partial charge on any atom is -0.438 e. The smallest absolute Gasteiger partial charge is 0.269 e. The molecule has 2 aromatic carbocycles. The third-order valence-electron chi connectivity index (χ3n) is 4.88. The Morgan fingerprint density at radius 3 is 2.59 bits per heavy atom. The van der Waals surface area contributed by atoms with Crippen molar-refractivity contribution in [1.82, 2.24) is 9.38 Å². The third kappa shape index (κ3) is 5.05. The molecule has 7 nitrogen and oxygen atoms in total.